The van der Waals surface area contributed by atoms with Gasteiger partial charge in [-0.3, -0.25) is 4.79 Å². The van der Waals surface area contributed by atoms with E-state index in [0.717, 1.165) is 44.9 Å². The van der Waals surface area contributed by atoms with Crippen molar-refractivity contribution in [3.8, 4) is 0 Å². The number of carboxylic acids is 1. The third kappa shape index (κ3) is 3.73. The van der Waals surface area contributed by atoms with Gasteiger partial charge in [-0.1, -0.05) is 58.8 Å². The van der Waals surface area contributed by atoms with E-state index in [1.807, 2.05) is 0 Å². The standard InChI is InChI=1S/C16H30O2/c1-3-5-10-14-11-8-7-9-13-16(14,15(17)18)12-6-4-2/h14H,3-13H2,1-2H3,(H,17,18). The minimum Gasteiger partial charge on any atom is -0.481 e. The first-order valence-electron chi connectivity index (χ1n) is 7.90. The van der Waals surface area contributed by atoms with Gasteiger partial charge in [-0.2, -0.15) is 0 Å². The molecule has 0 aromatic rings. The van der Waals surface area contributed by atoms with Crippen molar-refractivity contribution in [3.05, 3.63) is 0 Å². The highest BCUT2D eigenvalue weighted by atomic mass is 16.4. The van der Waals surface area contributed by atoms with Crippen LogP contribution in [0.1, 0.15) is 84.5 Å². The lowest BCUT2D eigenvalue weighted by molar-refractivity contribution is -0.154. The molecule has 106 valence electrons. The lowest BCUT2D eigenvalue weighted by Gasteiger charge is -2.36. The van der Waals surface area contributed by atoms with Crippen LogP contribution in [0, 0.1) is 11.3 Å². The van der Waals surface area contributed by atoms with E-state index >= 15 is 0 Å². The molecule has 2 unspecified atom stereocenters. The number of rotatable bonds is 7. The largest absolute Gasteiger partial charge is 0.481 e. The van der Waals surface area contributed by atoms with Crippen molar-refractivity contribution >= 4 is 5.97 Å². The Bertz CT molecular complexity index is 249. The van der Waals surface area contributed by atoms with Crippen LogP contribution in [0.4, 0.5) is 0 Å². The summed E-state index contributed by atoms with van der Waals surface area (Å²) in [6, 6.07) is 0. The molecule has 18 heavy (non-hydrogen) atoms. The molecule has 1 saturated carbocycles. The second-order valence-corrected chi connectivity index (χ2v) is 6.00. The summed E-state index contributed by atoms with van der Waals surface area (Å²) in [7, 11) is 0. The van der Waals surface area contributed by atoms with Gasteiger partial charge in [0.2, 0.25) is 0 Å². The smallest absolute Gasteiger partial charge is 0.309 e. The summed E-state index contributed by atoms with van der Waals surface area (Å²) in [5.74, 6) is -0.0945. The van der Waals surface area contributed by atoms with Crippen LogP contribution in [0.15, 0.2) is 0 Å². The van der Waals surface area contributed by atoms with Gasteiger partial charge in [0.05, 0.1) is 5.41 Å². The Hall–Kier alpha value is -0.530. The summed E-state index contributed by atoms with van der Waals surface area (Å²) in [6.07, 6.45) is 12.2. The third-order valence-electron chi connectivity index (χ3n) is 4.77. The number of carbonyl (C=O) groups is 1. The summed E-state index contributed by atoms with van der Waals surface area (Å²) in [5.41, 5.74) is -0.401. The Labute approximate surface area is 112 Å². The second-order valence-electron chi connectivity index (χ2n) is 6.00. The molecule has 2 atom stereocenters. The first-order chi connectivity index (χ1) is 8.67. The molecule has 0 spiro atoms. The highest BCUT2D eigenvalue weighted by Crippen LogP contribution is 2.46. The van der Waals surface area contributed by atoms with Gasteiger partial charge in [0.25, 0.3) is 0 Å². The van der Waals surface area contributed by atoms with Crippen LogP contribution in [0.3, 0.4) is 0 Å². The minimum absolute atomic E-state index is 0.401. The maximum Gasteiger partial charge on any atom is 0.309 e. The van der Waals surface area contributed by atoms with Crippen molar-refractivity contribution in [1.29, 1.82) is 0 Å². The number of hydrogen-bond donors (Lipinski definition) is 1. The average molecular weight is 254 g/mol. The molecule has 0 bridgehead atoms. The number of carboxylic acid groups (broad SMARTS) is 1. The van der Waals surface area contributed by atoms with E-state index in [4.69, 9.17) is 0 Å². The van der Waals surface area contributed by atoms with Crippen LogP contribution in [0.25, 0.3) is 0 Å². The number of unbranched alkanes of at least 4 members (excludes halogenated alkanes) is 2. The summed E-state index contributed by atoms with van der Waals surface area (Å²) < 4.78 is 0. The SMILES string of the molecule is CCCCC1CCCCCC1(CCCC)C(=O)O. The van der Waals surface area contributed by atoms with Crippen LogP contribution in [-0.2, 0) is 4.79 Å². The van der Waals surface area contributed by atoms with Crippen molar-refractivity contribution in [2.24, 2.45) is 11.3 Å². The zero-order valence-electron chi connectivity index (χ0n) is 12.2. The molecule has 0 aliphatic heterocycles. The average Bonchev–Trinajstić information content (AvgIpc) is 2.57. The highest BCUT2D eigenvalue weighted by molar-refractivity contribution is 5.75. The predicted molar refractivity (Wildman–Crippen MR) is 75.7 cm³/mol. The summed E-state index contributed by atoms with van der Waals surface area (Å²) in [6.45, 7) is 4.36. The van der Waals surface area contributed by atoms with E-state index in [0.29, 0.717) is 5.92 Å². The van der Waals surface area contributed by atoms with E-state index in [-0.39, 0.29) is 0 Å². The maximum atomic E-state index is 11.9. The van der Waals surface area contributed by atoms with Gasteiger partial charge < -0.3 is 5.11 Å². The quantitative estimate of drug-likeness (QED) is 0.648. The molecule has 0 saturated heterocycles. The fraction of sp³-hybridized carbons (Fsp3) is 0.938. The number of hydrogen-bond acceptors (Lipinski definition) is 1. The van der Waals surface area contributed by atoms with Gasteiger partial charge >= 0.3 is 5.97 Å². The Kier molecular flexibility index (Phi) is 6.73. The van der Waals surface area contributed by atoms with E-state index in [2.05, 4.69) is 13.8 Å². The zero-order valence-corrected chi connectivity index (χ0v) is 12.2. The summed E-state index contributed by atoms with van der Waals surface area (Å²) >= 11 is 0. The molecule has 2 nitrogen and oxygen atoms in total. The molecule has 0 heterocycles. The molecule has 1 aliphatic rings. The van der Waals surface area contributed by atoms with E-state index < -0.39 is 11.4 Å². The maximum absolute atomic E-state index is 11.9. The van der Waals surface area contributed by atoms with Crippen LogP contribution >= 0.6 is 0 Å². The van der Waals surface area contributed by atoms with Gasteiger partial charge in [-0.05, 0) is 31.6 Å². The van der Waals surface area contributed by atoms with Crippen LogP contribution < -0.4 is 0 Å². The monoisotopic (exact) mass is 254 g/mol. The normalized spacial score (nSPS) is 28.9. The minimum atomic E-state index is -0.515. The van der Waals surface area contributed by atoms with Gasteiger partial charge in [0.15, 0.2) is 0 Å². The van der Waals surface area contributed by atoms with Crippen LogP contribution in [0.5, 0.6) is 0 Å². The zero-order chi connectivity index (χ0) is 13.4. The molecule has 2 heteroatoms. The Morgan fingerprint density at radius 3 is 2.50 bits per heavy atom. The van der Waals surface area contributed by atoms with Gasteiger partial charge in [0, 0.05) is 0 Å². The third-order valence-corrected chi connectivity index (χ3v) is 4.77. The Morgan fingerprint density at radius 1 is 1.17 bits per heavy atom. The van der Waals surface area contributed by atoms with Crippen molar-refractivity contribution in [3.63, 3.8) is 0 Å². The van der Waals surface area contributed by atoms with E-state index in [9.17, 15) is 9.90 Å². The second kappa shape index (κ2) is 7.81. The fourth-order valence-corrected chi connectivity index (χ4v) is 3.57. The predicted octanol–water partition coefficient (Wildman–Crippen LogP) is 5.02. The van der Waals surface area contributed by atoms with Crippen LogP contribution in [0.2, 0.25) is 0 Å². The molecule has 0 amide bonds. The van der Waals surface area contributed by atoms with Crippen molar-refractivity contribution in [2.75, 3.05) is 0 Å². The fourth-order valence-electron chi connectivity index (χ4n) is 3.57. The molecule has 1 aliphatic carbocycles. The van der Waals surface area contributed by atoms with Gasteiger partial charge in [-0.15, -0.1) is 0 Å². The molecule has 1 fully saturated rings. The molecule has 1 N–H and O–H groups in total. The topological polar surface area (TPSA) is 37.3 Å². The number of aliphatic carboxylic acids is 1. The molecule has 1 rings (SSSR count). The molecular weight excluding hydrogens is 224 g/mol. The van der Waals surface area contributed by atoms with Crippen molar-refractivity contribution in [2.45, 2.75) is 84.5 Å². The highest BCUT2D eigenvalue weighted by Gasteiger charge is 2.44. The van der Waals surface area contributed by atoms with Gasteiger partial charge in [-0.25, -0.2) is 0 Å². The van der Waals surface area contributed by atoms with Crippen molar-refractivity contribution in [1.82, 2.24) is 0 Å². The molecule has 0 aromatic carbocycles. The summed E-state index contributed by atoms with van der Waals surface area (Å²) in [5, 5.41) is 9.81. The molecule has 0 radical (unpaired) electrons. The lowest BCUT2D eigenvalue weighted by atomic mass is 9.67. The Balaban J connectivity index is 2.84. The first kappa shape index (κ1) is 15.5. The molecule has 0 aromatic heterocycles. The van der Waals surface area contributed by atoms with Crippen LogP contribution in [-0.4, -0.2) is 11.1 Å². The van der Waals surface area contributed by atoms with E-state index in [1.54, 1.807) is 0 Å². The molecular formula is C16H30O2. The van der Waals surface area contributed by atoms with E-state index in [1.165, 1.54) is 25.7 Å². The Morgan fingerprint density at radius 2 is 1.89 bits per heavy atom. The summed E-state index contributed by atoms with van der Waals surface area (Å²) in [4.78, 5) is 11.9. The van der Waals surface area contributed by atoms with Crippen molar-refractivity contribution < 1.29 is 9.90 Å². The van der Waals surface area contributed by atoms with Gasteiger partial charge in [0.1, 0.15) is 0 Å². The lowest BCUT2D eigenvalue weighted by Crippen LogP contribution is -2.38. The first-order valence-corrected chi connectivity index (χ1v) is 7.90.